The monoisotopic (exact) mass is 387 g/mol. The number of thiazole rings is 1. The predicted molar refractivity (Wildman–Crippen MR) is 108 cm³/mol. The Hall–Kier alpha value is -3.25. The molecule has 6 heteroatoms. The van der Waals surface area contributed by atoms with Gasteiger partial charge < -0.3 is 9.51 Å². The van der Waals surface area contributed by atoms with Gasteiger partial charge in [-0.15, -0.1) is 0 Å². The molecule has 0 N–H and O–H groups in total. The molecule has 5 nitrogen and oxygen atoms in total. The molecule has 0 fully saturated rings. The lowest BCUT2D eigenvalue weighted by atomic mass is 9.85. The minimum atomic E-state index is -0.228. The summed E-state index contributed by atoms with van der Waals surface area (Å²) in [4.78, 5) is 17.3. The third-order valence-electron chi connectivity index (χ3n) is 5.13. The Labute approximate surface area is 165 Å². The zero-order chi connectivity index (χ0) is 19.4. The smallest absolute Gasteiger partial charge is 0.263 e. The molecule has 1 aromatic carbocycles. The SMILES string of the molecule is CC[n+]1c(C=C2C(=O)C(c3nc(C)n4ccccc34)=C2[O-])sc2ccccc21. The molecule has 0 saturated carbocycles. The lowest BCUT2D eigenvalue weighted by Gasteiger charge is -2.29. The second-order valence-corrected chi connectivity index (χ2v) is 7.77. The van der Waals surface area contributed by atoms with Gasteiger partial charge in [0.05, 0.1) is 11.2 Å². The van der Waals surface area contributed by atoms with E-state index in [0.717, 1.165) is 33.1 Å². The molecule has 0 unspecified atom stereocenters. The van der Waals surface area contributed by atoms with Gasteiger partial charge in [-0.25, -0.2) is 4.98 Å². The maximum Gasteiger partial charge on any atom is 0.263 e. The van der Waals surface area contributed by atoms with Crippen molar-refractivity contribution < 1.29 is 14.5 Å². The number of Topliss-reactive ketones (excluding diaryl/α,β-unsaturated/α-hetero) is 1. The number of imidazole rings is 1. The number of aryl methyl sites for hydroxylation is 2. The molecule has 138 valence electrons. The average Bonchev–Trinajstić information content (AvgIpc) is 3.24. The van der Waals surface area contributed by atoms with Crippen LogP contribution in [-0.2, 0) is 11.3 Å². The normalized spacial score (nSPS) is 15.8. The number of rotatable bonds is 3. The van der Waals surface area contributed by atoms with Crippen LogP contribution >= 0.6 is 11.3 Å². The summed E-state index contributed by atoms with van der Waals surface area (Å²) in [6.07, 6.45) is 3.61. The van der Waals surface area contributed by atoms with Crippen LogP contribution in [-0.4, -0.2) is 15.2 Å². The summed E-state index contributed by atoms with van der Waals surface area (Å²) in [7, 11) is 0. The molecule has 3 aromatic heterocycles. The number of carbonyl (C=O) groups excluding carboxylic acids is 1. The van der Waals surface area contributed by atoms with Gasteiger partial charge in [0.1, 0.15) is 17.1 Å². The number of hydrogen-bond acceptors (Lipinski definition) is 4. The molecule has 0 saturated heterocycles. The number of hydrogen-bond donors (Lipinski definition) is 0. The highest BCUT2D eigenvalue weighted by Crippen LogP contribution is 2.37. The molecule has 0 bridgehead atoms. The highest BCUT2D eigenvalue weighted by molar-refractivity contribution is 7.18. The van der Waals surface area contributed by atoms with Crippen molar-refractivity contribution in [3.05, 3.63) is 76.5 Å². The number of ketones is 1. The summed E-state index contributed by atoms with van der Waals surface area (Å²) < 4.78 is 5.15. The standard InChI is InChI=1S/C22H17N3O2S/c1-3-24-15-8-4-5-10-17(15)28-18(24)12-14-21(26)19(22(14)27)20-16-9-6-7-11-25(16)13(2)23-20/h4-12H,3H2,1-2H3. The average molecular weight is 387 g/mol. The predicted octanol–water partition coefficient (Wildman–Crippen LogP) is 2.90. The van der Waals surface area contributed by atoms with E-state index in [1.54, 1.807) is 17.4 Å². The number of para-hydroxylation sites is 1. The van der Waals surface area contributed by atoms with E-state index in [0.29, 0.717) is 5.69 Å². The number of aromatic nitrogens is 3. The molecule has 4 aromatic rings. The maximum atomic E-state index is 12.9. The second-order valence-electron chi connectivity index (χ2n) is 6.71. The number of nitrogens with zero attached hydrogens (tertiary/aromatic N) is 3. The topological polar surface area (TPSA) is 61.3 Å². The van der Waals surface area contributed by atoms with Crippen molar-refractivity contribution in [2.75, 3.05) is 0 Å². The molecule has 1 aliphatic rings. The summed E-state index contributed by atoms with van der Waals surface area (Å²) in [5.74, 6) is 0.299. The van der Waals surface area contributed by atoms with Gasteiger partial charge >= 0.3 is 0 Å². The van der Waals surface area contributed by atoms with E-state index in [2.05, 4.69) is 28.6 Å². The van der Waals surface area contributed by atoms with Gasteiger partial charge in [0, 0.05) is 29.5 Å². The number of fused-ring (bicyclic) bond motifs is 2. The van der Waals surface area contributed by atoms with Crippen molar-refractivity contribution in [2.45, 2.75) is 20.4 Å². The van der Waals surface area contributed by atoms with E-state index in [9.17, 15) is 9.90 Å². The maximum absolute atomic E-state index is 12.9. The van der Waals surface area contributed by atoms with Gasteiger partial charge in [0.2, 0.25) is 5.52 Å². The van der Waals surface area contributed by atoms with Crippen molar-refractivity contribution in [3.8, 4) is 0 Å². The van der Waals surface area contributed by atoms with Crippen LogP contribution in [0, 0.1) is 6.92 Å². The molecule has 3 heterocycles. The number of benzene rings is 1. The van der Waals surface area contributed by atoms with Crippen LogP contribution in [0.1, 0.15) is 23.4 Å². The van der Waals surface area contributed by atoms with Crippen LogP contribution in [0.25, 0.3) is 27.4 Å². The Kier molecular flexibility index (Phi) is 3.70. The van der Waals surface area contributed by atoms with E-state index in [-0.39, 0.29) is 22.7 Å². The molecule has 0 amide bonds. The summed E-state index contributed by atoms with van der Waals surface area (Å²) in [5, 5.41) is 13.8. The Morgan fingerprint density at radius 3 is 2.79 bits per heavy atom. The van der Waals surface area contributed by atoms with Crippen LogP contribution in [0.3, 0.4) is 0 Å². The fraction of sp³-hybridized carbons (Fsp3) is 0.136. The van der Waals surface area contributed by atoms with E-state index in [4.69, 9.17) is 0 Å². The van der Waals surface area contributed by atoms with E-state index in [1.165, 1.54) is 0 Å². The van der Waals surface area contributed by atoms with E-state index in [1.807, 2.05) is 47.9 Å². The van der Waals surface area contributed by atoms with Gasteiger partial charge in [-0.1, -0.05) is 35.3 Å². The lowest BCUT2D eigenvalue weighted by Crippen LogP contribution is -2.35. The molecule has 0 radical (unpaired) electrons. The van der Waals surface area contributed by atoms with Crippen LogP contribution in [0.4, 0.5) is 0 Å². The molecular weight excluding hydrogens is 370 g/mol. The minimum absolute atomic E-state index is 0.187. The van der Waals surface area contributed by atoms with Crippen molar-refractivity contribution in [1.82, 2.24) is 9.38 Å². The highest BCUT2D eigenvalue weighted by Gasteiger charge is 2.33. The quantitative estimate of drug-likeness (QED) is 0.401. The summed E-state index contributed by atoms with van der Waals surface area (Å²) in [6, 6.07) is 13.8. The molecule has 0 aliphatic heterocycles. The Morgan fingerprint density at radius 1 is 1.21 bits per heavy atom. The first kappa shape index (κ1) is 16.9. The van der Waals surface area contributed by atoms with Crippen molar-refractivity contribution >= 4 is 44.5 Å². The summed E-state index contributed by atoms with van der Waals surface area (Å²) >= 11 is 1.59. The summed E-state index contributed by atoms with van der Waals surface area (Å²) in [5.41, 5.74) is 2.79. The van der Waals surface area contributed by atoms with Crippen molar-refractivity contribution in [3.63, 3.8) is 0 Å². The number of allylic oxidation sites excluding steroid dienone is 2. The second kappa shape index (κ2) is 6.14. The fourth-order valence-electron chi connectivity index (χ4n) is 3.74. The van der Waals surface area contributed by atoms with Gasteiger partial charge in [-0.05, 0) is 32.0 Å². The zero-order valence-corrected chi connectivity index (χ0v) is 16.3. The largest absolute Gasteiger partial charge is 0.871 e. The van der Waals surface area contributed by atoms with Gasteiger partial charge in [0.15, 0.2) is 5.78 Å². The van der Waals surface area contributed by atoms with Gasteiger partial charge in [-0.3, -0.25) is 4.79 Å². The Bertz CT molecular complexity index is 1340. The first-order chi connectivity index (χ1) is 13.6. The van der Waals surface area contributed by atoms with E-state index < -0.39 is 0 Å². The Balaban J connectivity index is 1.64. The van der Waals surface area contributed by atoms with Crippen LogP contribution in [0.2, 0.25) is 0 Å². The molecule has 0 atom stereocenters. The minimum Gasteiger partial charge on any atom is -0.871 e. The molecule has 1 aliphatic carbocycles. The van der Waals surface area contributed by atoms with Crippen LogP contribution in [0.15, 0.2) is 60.0 Å². The first-order valence-corrected chi connectivity index (χ1v) is 9.95. The van der Waals surface area contributed by atoms with Crippen molar-refractivity contribution in [2.24, 2.45) is 0 Å². The lowest BCUT2D eigenvalue weighted by molar-refractivity contribution is -0.665. The number of carbonyl (C=O) groups is 1. The first-order valence-electron chi connectivity index (χ1n) is 9.13. The highest BCUT2D eigenvalue weighted by atomic mass is 32.1. The van der Waals surface area contributed by atoms with Crippen LogP contribution in [0.5, 0.6) is 0 Å². The number of pyridine rings is 1. The third kappa shape index (κ3) is 2.28. The third-order valence-corrected chi connectivity index (χ3v) is 6.24. The fourth-order valence-corrected chi connectivity index (χ4v) is 4.91. The van der Waals surface area contributed by atoms with Gasteiger partial charge in [0.25, 0.3) is 5.01 Å². The van der Waals surface area contributed by atoms with Crippen molar-refractivity contribution in [1.29, 1.82) is 0 Å². The van der Waals surface area contributed by atoms with Crippen LogP contribution < -0.4 is 9.67 Å². The summed E-state index contributed by atoms with van der Waals surface area (Å²) in [6.45, 7) is 4.69. The van der Waals surface area contributed by atoms with Gasteiger partial charge in [-0.2, -0.15) is 4.57 Å². The van der Waals surface area contributed by atoms with E-state index >= 15 is 0 Å². The molecule has 28 heavy (non-hydrogen) atoms. The Morgan fingerprint density at radius 2 is 2.00 bits per heavy atom. The zero-order valence-electron chi connectivity index (χ0n) is 15.5. The molecule has 5 rings (SSSR count). The molecule has 0 spiro atoms. The molecular formula is C22H17N3O2S.